The first-order valence-electron chi connectivity index (χ1n) is 22.7. The van der Waals surface area contributed by atoms with Crippen LogP contribution in [0.5, 0.6) is 11.5 Å². The molecule has 380 valence electrons. The molecule has 27 heteroatoms. The summed E-state index contributed by atoms with van der Waals surface area (Å²) in [6, 6.07) is 12.6. The second-order valence-corrected chi connectivity index (χ2v) is 21.7. The molecule has 1 fully saturated rings. The number of aliphatic hydroxyl groups excluding tert-OH is 1. The number of amides is 1. The highest BCUT2D eigenvalue weighted by atomic mass is 31.3. The van der Waals surface area contributed by atoms with Gasteiger partial charge in [-0.15, -0.1) is 0 Å². The topological polar surface area (TPSA) is 348 Å². The lowest BCUT2D eigenvalue weighted by atomic mass is 9.85. The van der Waals surface area contributed by atoms with Crippen molar-refractivity contribution in [3.05, 3.63) is 109 Å². The number of aromatic nitrogens is 3. The molecule has 0 radical (unpaired) electrons. The Morgan fingerprint density at radius 1 is 1.00 bits per heavy atom. The van der Waals surface area contributed by atoms with E-state index in [1.54, 1.807) is 6.07 Å². The van der Waals surface area contributed by atoms with E-state index in [4.69, 9.17) is 25.0 Å². The van der Waals surface area contributed by atoms with Crippen LogP contribution in [0.25, 0.3) is 16.6 Å². The Morgan fingerprint density at radius 3 is 2.51 bits per heavy atom. The lowest BCUT2D eigenvalue weighted by Gasteiger charge is -2.32. The number of H-pyrrole nitrogens is 1. The Labute approximate surface area is 408 Å². The number of benzene rings is 3. The molecule has 4 aliphatic rings. The van der Waals surface area contributed by atoms with Crippen molar-refractivity contribution in [3.63, 3.8) is 0 Å². The van der Waals surface area contributed by atoms with Gasteiger partial charge in [0, 0.05) is 71.4 Å². The van der Waals surface area contributed by atoms with Crippen molar-refractivity contribution in [1.82, 2.24) is 24.4 Å². The summed E-state index contributed by atoms with van der Waals surface area (Å²) in [4.78, 5) is 86.0. The zero-order chi connectivity index (χ0) is 51.4. The highest BCUT2D eigenvalue weighted by Crippen LogP contribution is 2.66. The summed E-state index contributed by atoms with van der Waals surface area (Å²) in [7, 11) is -17.0. The molecule has 6 heterocycles. The number of aliphatic hydroxyl groups is 1. The van der Waals surface area contributed by atoms with Gasteiger partial charge >= 0.3 is 29.4 Å². The minimum atomic E-state index is -5.81. The molecular weight excluding hydrogens is 1000 g/mol. The highest BCUT2D eigenvalue weighted by Gasteiger charge is 2.43. The van der Waals surface area contributed by atoms with Crippen molar-refractivity contribution in [2.24, 2.45) is 0 Å². The summed E-state index contributed by atoms with van der Waals surface area (Å²) in [5.74, 6) is 4.78. The molecule has 1 amide bonds. The van der Waals surface area contributed by atoms with E-state index in [9.17, 15) is 48.1 Å². The predicted molar refractivity (Wildman–Crippen MR) is 257 cm³/mol. The van der Waals surface area contributed by atoms with Gasteiger partial charge in [-0.1, -0.05) is 11.8 Å². The number of hydrogen-bond acceptors (Lipinski definition) is 15. The lowest BCUT2D eigenvalue weighted by molar-refractivity contribution is -0.0421. The first kappa shape index (κ1) is 50.9. The molecule has 0 bridgehead atoms. The maximum absolute atomic E-state index is 14.0. The molecule has 5 atom stereocenters. The normalized spacial score (nSPS) is 20.0. The van der Waals surface area contributed by atoms with Gasteiger partial charge in [-0.3, -0.25) is 19.1 Å². The number of phosphoric ester groups is 1. The summed E-state index contributed by atoms with van der Waals surface area (Å²) < 4.78 is 63.3. The molecular formula is C45H49N7O17P3+. The maximum Gasteiger partial charge on any atom is 0.490 e. The molecule has 2 aromatic heterocycles. The van der Waals surface area contributed by atoms with E-state index in [0.717, 1.165) is 84.8 Å². The number of nitrogens with zero attached hydrogens (tertiary/aromatic N) is 4. The van der Waals surface area contributed by atoms with Crippen LogP contribution >= 0.6 is 23.5 Å². The van der Waals surface area contributed by atoms with Crippen LogP contribution < -0.4 is 41.4 Å². The Bertz CT molecular complexity index is 3490. The van der Waals surface area contributed by atoms with E-state index in [1.807, 2.05) is 12.1 Å². The number of phosphoric acid groups is 3. The number of rotatable bonds is 14. The van der Waals surface area contributed by atoms with E-state index in [2.05, 4.69) is 75.7 Å². The number of nitrogen functional groups attached to an aromatic ring is 1. The van der Waals surface area contributed by atoms with Crippen molar-refractivity contribution in [2.75, 3.05) is 50.0 Å². The van der Waals surface area contributed by atoms with Crippen LogP contribution in [-0.4, -0.2) is 108 Å². The van der Waals surface area contributed by atoms with Gasteiger partial charge in [0.1, 0.15) is 36.9 Å². The maximum atomic E-state index is 14.0. The summed E-state index contributed by atoms with van der Waals surface area (Å²) in [5, 5.41) is 25.9. The number of anilines is 2. The second kappa shape index (κ2) is 19.8. The standard InChI is InChI=1S/C45H48N7O17P3/c1-3-50-14-6-9-24-16-30-35(19-32(24)50)66-36-20-33-25(10-7-15-51(33)4-2)17-31(36)40(30)29-18-26(11-12-28(29)44(56)57)42(54)47-13-5-8-27-22-52(41-39(27)43(55)49-45(46)48-41)38-21-34(53)37(67-38)23-65-71(61,62)69-72(63,64)68-70(58,59)60/h11-12,16-20,22,34,37-38,53H,3-4,6-7,9-10,13-15,21,23H2,1-2H3,(H8-,46,47,48,49,54,55,56,57,58,59,60,61,62,63,64)/p+1/t34-,37+,38+/m0/s1. The second-order valence-electron chi connectivity index (χ2n) is 17.3. The molecule has 1 saturated heterocycles. The number of carbonyl (C=O) groups excluding carboxylic acids is 1. The van der Waals surface area contributed by atoms with Crippen molar-refractivity contribution >= 4 is 63.6 Å². The van der Waals surface area contributed by atoms with Gasteiger partial charge in [-0.2, -0.15) is 13.6 Å². The van der Waals surface area contributed by atoms with Gasteiger partial charge in [-0.05, 0) is 74.6 Å². The van der Waals surface area contributed by atoms with Gasteiger partial charge in [-0.25, -0.2) is 23.1 Å². The Hall–Kier alpha value is -6.02. The number of aryl methyl sites for hydroxylation is 2. The molecule has 9 rings (SSSR count). The van der Waals surface area contributed by atoms with Crippen molar-refractivity contribution < 1.29 is 75.7 Å². The Balaban J connectivity index is 0.995. The number of nitrogens with two attached hydrogens (primary N) is 1. The number of carbonyl (C=O) groups is 2. The lowest BCUT2D eigenvalue weighted by Crippen LogP contribution is -2.39. The van der Waals surface area contributed by atoms with Gasteiger partial charge in [0.25, 0.3) is 11.5 Å². The van der Waals surface area contributed by atoms with Crippen molar-refractivity contribution in [2.45, 2.75) is 64.4 Å². The monoisotopic (exact) mass is 1050 g/mol. The number of carboxylic acids is 1. The van der Waals surface area contributed by atoms with Gasteiger partial charge in [0.05, 0.1) is 41.8 Å². The number of nitrogens with one attached hydrogen (secondary N) is 2. The number of aromatic amines is 1. The highest BCUT2D eigenvalue weighted by molar-refractivity contribution is 7.66. The smallest absolute Gasteiger partial charge is 0.478 e. The van der Waals surface area contributed by atoms with E-state index in [0.29, 0.717) is 22.6 Å². The average Bonchev–Trinajstić information content (AvgIpc) is 3.87. The summed E-state index contributed by atoms with van der Waals surface area (Å²) >= 11 is 0. The third-order valence-electron chi connectivity index (χ3n) is 12.7. The van der Waals surface area contributed by atoms with Crippen LogP contribution in [0.4, 0.5) is 11.6 Å². The van der Waals surface area contributed by atoms with Gasteiger partial charge in [0.2, 0.25) is 11.3 Å². The third kappa shape index (κ3) is 10.4. The fraction of sp³-hybridized carbons (Fsp3) is 0.356. The minimum absolute atomic E-state index is 0.0128. The SMILES string of the molecule is CCN1CCCc2cc3c(cc21)Oc1cc2c(cc1=C3c1cc(C(=O)NCC#Cc3cn([C@H]4C[C@H](O)[C@@H](COP(=O)(O)OP(=O)(O)OP(=O)(O)O)O4)c4nc(N)[nH]c(=O)c34)ccc1C(=O)O)CCC[N+]=2CC. The summed E-state index contributed by atoms with van der Waals surface area (Å²) in [6.45, 7) is 6.41. The number of hydrogen-bond donors (Lipinski definition) is 9. The van der Waals surface area contributed by atoms with Crippen molar-refractivity contribution in [1.29, 1.82) is 0 Å². The molecule has 0 saturated carbocycles. The van der Waals surface area contributed by atoms with Gasteiger partial charge < -0.3 is 59.8 Å². The third-order valence-corrected chi connectivity index (χ3v) is 16.5. The van der Waals surface area contributed by atoms with Gasteiger partial charge in [0.15, 0.2) is 5.65 Å². The predicted octanol–water partition coefficient (Wildman–Crippen LogP) is 2.36. The van der Waals surface area contributed by atoms with E-state index >= 15 is 0 Å². The van der Waals surface area contributed by atoms with E-state index in [1.165, 1.54) is 22.9 Å². The fourth-order valence-corrected chi connectivity index (χ4v) is 12.6. The largest absolute Gasteiger partial charge is 0.490 e. The number of ether oxygens (including phenoxy) is 2. The quantitative estimate of drug-likeness (QED) is 0.0429. The van der Waals surface area contributed by atoms with Crippen LogP contribution in [0, 0.1) is 11.8 Å². The first-order valence-corrected chi connectivity index (χ1v) is 27.2. The number of carboxylic acid groups (broad SMARTS) is 1. The molecule has 0 aliphatic carbocycles. The molecule has 5 aromatic rings. The van der Waals surface area contributed by atoms with Crippen molar-refractivity contribution in [3.8, 4) is 23.3 Å². The van der Waals surface area contributed by atoms with Crippen LogP contribution in [-0.2, 0) is 44.4 Å². The molecule has 72 heavy (non-hydrogen) atoms. The molecule has 2 unspecified atom stereocenters. The van der Waals surface area contributed by atoms with Crippen LogP contribution in [0.3, 0.4) is 0 Å². The summed E-state index contributed by atoms with van der Waals surface area (Å²) in [6.07, 6.45) is 0.741. The van der Waals surface area contributed by atoms with Crippen LogP contribution in [0.1, 0.15) is 87.9 Å². The zero-order valence-corrected chi connectivity index (χ0v) is 41.2. The van der Waals surface area contributed by atoms with E-state index in [-0.39, 0.29) is 46.6 Å². The molecule has 10 N–H and O–H groups in total. The minimum Gasteiger partial charge on any atom is -0.478 e. The Kier molecular flexibility index (Phi) is 14.0. The van der Waals surface area contributed by atoms with E-state index < -0.39 is 65.9 Å². The molecule has 24 nitrogen and oxygen atoms in total. The molecule has 3 aromatic carbocycles. The fourth-order valence-electron chi connectivity index (χ4n) is 9.59. The zero-order valence-electron chi connectivity index (χ0n) is 38.5. The molecule has 4 aliphatic heterocycles. The summed E-state index contributed by atoms with van der Waals surface area (Å²) in [5.41, 5.74) is 10.3. The average molecular weight is 1050 g/mol. The van der Waals surface area contributed by atoms with Crippen LogP contribution in [0.2, 0.25) is 0 Å². The number of aromatic carboxylic acids is 1. The first-order chi connectivity index (χ1) is 34.1. The van der Waals surface area contributed by atoms with Crippen LogP contribution in [0.15, 0.2) is 53.5 Å². The number of fused-ring (bicyclic) bond motifs is 5. The Morgan fingerprint density at radius 2 is 1.78 bits per heavy atom. The molecule has 0 spiro atoms.